The molecule has 104 valence electrons. The van der Waals surface area contributed by atoms with E-state index >= 15 is 0 Å². The average Bonchev–Trinajstić information content (AvgIpc) is 2.39. The van der Waals surface area contributed by atoms with Gasteiger partial charge in [0.15, 0.2) is 15.1 Å². The van der Waals surface area contributed by atoms with E-state index in [0.29, 0.717) is 4.47 Å². The monoisotopic (exact) mass is 354 g/mol. The first-order chi connectivity index (χ1) is 9.44. The Balaban J connectivity index is 2.61. The summed E-state index contributed by atoms with van der Waals surface area (Å²) in [4.78, 5) is 11.4. The molecular weight excluding hydrogens is 344 g/mol. The van der Waals surface area contributed by atoms with E-state index < -0.39 is 21.1 Å². The highest BCUT2D eigenvalue weighted by atomic mass is 79.9. The Kier molecular flexibility index (Phi) is 4.25. The number of halogens is 1. The number of aliphatic carboxylic acids is 1. The number of benzene rings is 2. The quantitative estimate of drug-likeness (QED) is 0.915. The molecule has 0 heterocycles. The van der Waals surface area contributed by atoms with Gasteiger partial charge in [-0.1, -0.05) is 42.5 Å². The van der Waals surface area contributed by atoms with Crippen LogP contribution < -0.4 is 0 Å². The van der Waals surface area contributed by atoms with Crippen molar-refractivity contribution in [1.29, 1.82) is 0 Å². The number of carbonyl (C=O) groups is 1. The zero-order valence-electron chi connectivity index (χ0n) is 10.2. The molecular formula is C14H11BrO4S. The number of carboxylic acid groups (broad SMARTS) is 1. The number of rotatable bonds is 4. The molecule has 1 unspecified atom stereocenters. The molecule has 0 spiro atoms. The van der Waals surface area contributed by atoms with E-state index in [0.717, 1.165) is 0 Å². The third kappa shape index (κ3) is 2.76. The summed E-state index contributed by atoms with van der Waals surface area (Å²) in [5.41, 5.74) is 0.232. The molecule has 0 aliphatic rings. The Bertz CT molecular complexity index is 726. The molecule has 0 saturated heterocycles. The van der Waals surface area contributed by atoms with Crippen LogP contribution in [0.4, 0.5) is 0 Å². The van der Waals surface area contributed by atoms with Gasteiger partial charge in [0.05, 0.1) is 4.90 Å². The van der Waals surface area contributed by atoms with Crippen LogP contribution in [0.15, 0.2) is 64.0 Å². The third-order valence-electron chi connectivity index (χ3n) is 2.78. The summed E-state index contributed by atoms with van der Waals surface area (Å²) in [6, 6.07) is 14.1. The van der Waals surface area contributed by atoms with E-state index in [1.54, 1.807) is 36.4 Å². The maximum absolute atomic E-state index is 12.6. The summed E-state index contributed by atoms with van der Waals surface area (Å²) in [5, 5.41) is 7.70. The van der Waals surface area contributed by atoms with E-state index in [-0.39, 0.29) is 10.5 Å². The second kappa shape index (κ2) is 5.76. The van der Waals surface area contributed by atoms with Gasteiger partial charge in [-0.15, -0.1) is 0 Å². The lowest BCUT2D eigenvalue weighted by Gasteiger charge is -2.15. The first-order valence-corrected chi connectivity index (χ1v) is 8.04. The van der Waals surface area contributed by atoms with E-state index in [1.807, 2.05) is 0 Å². The molecule has 2 rings (SSSR count). The van der Waals surface area contributed by atoms with Crippen molar-refractivity contribution >= 4 is 31.7 Å². The van der Waals surface area contributed by atoms with Crippen LogP contribution in [-0.4, -0.2) is 19.5 Å². The maximum Gasteiger partial charge on any atom is 0.326 e. The molecule has 2 aromatic rings. The molecule has 4 nitrogen and oxygen atoms in total. The summed E-state index contributed by atoms with van der Waals surface area (Å²) >= 11 is 3.15. The summed E-state index contributed by atoms with van der Waals surface area (Å²) in [6.45, 7) is 0. The van der Waals surface area contributed by atoms with Crippen LogP contribution in [0.3, 0.4) is 0 Å². The van der Waals surface area contributed by atoms with Gasteiger partial charge in [-0.25, -0.2) is 8.42 Å². The summed E-state index contributed by atoms with van der Waals surface area (Å²) in [6.07, 6.45) is 0. The second-order valence-electron chi connectivity index (χ2n) is 4.10. The predicted molar refractivity (Wildman–Crippen MR) is 78.1 cm³/mol. The zero-order chi connectivity index (χ0) is 14.8. The van der Waals surface area contributed by atoms with Gasteiger partial charge < -0.3 is 5.11 Å². The molecule has 0 saturated carbocycles. The van der Waals surface area contributed by atoms with Crippen molar-refractivity contribution in [1.82, 2.24) is 0 Å². The maximum atomic E-state index is 12.6. The fourth-order valence-electron chi connectivity index (χ4n) is 1.88. The molecule has 0 fully saturated rings. The van der Waals surface area contributed by atoms with Crippen LogP contribution in [0.5, 0.6) is 0 Å². The average molecular weight is 355 g/mol. The highest BCUT2D eigenvalue weighted by Gasteiger charge is 2.36. The molecule has 0 amide bonds. The fraction of sp³-hybridized carbons (Fsp3) is 0.0714. The lowest BCUT2D eigenvalue weighted by Crippen LogP contribution is -2.22. The van der Waals surface area contributed by atoms with Gasteiger partial charge in [-0.2, -0.15) is 0 Å². The van der Waals surface area contributed by atoms with Gasteiger partial charge in [-0.3, -0.25) is 4.79 Å². The SMILES string of the molecule is O=C(O)C(c1ccccc1)S(=O)(=O)c1ccccc1Br. The minimum Gasteiger partial charge on any atom is -0.480 e. The molecule has 2 aromatic carbocycles. The summed E-state index contributed by atoms with van der Waals surface area (Å²) in [7, 11) is -4.03. The molecule has 0 radical (unpaired) electrons. The Labute approximate surface area is 125 Å². The second-order valence-corrected chi connectivity index (χ2v) is 6.96. The Hall–Kier alpha value is -1.66. The van der Waals surface area contributed by atoms with Gasteiger partial charge in [-0.05, 0) is 33.6 Å². The summed E-state index contributed by atoms with van der Waals surface area (Å²) in [5.74, 6) is -1.40. The van der Waals surface area contributed by atoms with Gasteiger partial charge in [0.1, 0.15) is 0 Å². The minimum atomic E-state index is -4.03. The first-order valence-electron chi connectivity index (χ1n) is 5.71. The van der Waals surface area contributed by atoms with E-state index in [9.17, 15) is 18.3 Å². The molecule has 0 aliphatic heterocycles. The smallest absolute Gasteiger partial charge is 0.326 e. The zero-order valence-corrected chi connectivity index (χ0v) is 12.6. The van der Waals surface area contributed by atoms with Crippen LogP contribution in [-0.2, 0) is 14.6 Å². The van der Waals surface area contributed by atoms with Crippen molar-refractivity contribution in [3.63, 3.8) is 0 Å². The van der Waals surface area contributed by atoms with Crippen LogP contribution in [0.1, 0.15) is 10.8 Å². The molecule has 0 aliphatic carbocycles. The number of hydrogen-bond donors (Lipinski definition) is 1. The third-order valence-corrected chi connectivity index (χ3v) is 5.80. The normalized spacial score (nSPS) is 12.8. The first kappa shape index (κ1) is 14.7. The van der Waals surface area contributed by atoms with Gasteiger partial charge in [0.25, 0.3) is 0 Å². The van der Waals surface area contributed by atoms with E-state index in [2.05, 4.69) is 15.9 Å². The fourth-order valence-corrected chi connectivity index (χ4v) is 4.49. The number of carboxylic acids is 1. The Morgan fingerprint density at radius 3 is 2.10 bits per heavy atom. The number of hydrogen-bond acceptors (Lipinski definition) is 3. The Morgan fingerprint density at radius 1 is 1.00 bits per heavy atom. The van der Waals surface area contributed by atoms with E-state index in [4.69, 9.17) is 0 Å². The van der Waals surface area contributed by atoms with Crippen molar-refractivity contribution in [3.05, 3.63) is 64.6 Å². The number of sulfone groups is 1. The van der Waals surface area contributed by atoms with Crippen LogP contribution in [0, 0.1) is 0 Å². The highest BCUT2D eigenvalue weighted by Crippen LogP contribution is 2.33. The lowest BCUT2D eigenvalue weighted by molar-refractivity contribution is -0.136. The Morgan fingerprint density at radius 2 is 1.55 bits per heavy atom. The standard InChI is InChI=1S/C14H11BrO4S/c15-11-8-4-5-9-12(11)20(18,19)13(14(16)17)10-6-2-1-3-7-10/h1-9,13H,(H,16,17). The van der Waals surface area contributed by atoms with Gasteiger partial charge in [0.2, 0.25) is 0 Å². The summed E-state index contributed by atoms with van der Waals surface area (Å²) < 4.78 is 25.5. The molecule has 1 N–H and O–H groups in total. The molecule has 0 aromatic heterocycles. The minimum absolute atomic E-state index is 0.0312. The largest absolute Gasteiger partial charge is 0.480 e. The molecule has 0 bridgehead atoms. The topological polar surface area (TPSA) is 71.4 Å². The van der Waals surface area contributed by atoms with E-state index in [1.165, 1.54) is 18.2 Å². The van der Waals surface area contributed by atoms with Crippen LogP contribution >= 0.6 is 15.9 Å². The van der Waals surface area contributed by atoms with Crippen molar-refractivity contribution in [2.24, 2.45) is 0 Å². The van der Waals surface area contributed by atoms with Crippen LogP contribution in [0.25, 0.3) is 0 Å². The predicted octanol–water partition coefficient (Wildman–Crippen LogP) is 3.05. The van der Waals surface area contributed by atoms with Crippen LogP contribution in [0.2, 0.25) is 0 Å². The van der Waals surface area contributed by atoms with Gasteiger partial charge >= 0.3 is 5.97 Å². The molecule has 6 heteroatoms. The van der Waals surface area contributed by atoms with Crippen molar-refractivity contribution in [3.8, 4) is 0 Å². The van der Waals surface area contributed by atoms with Crippen molar-refractivity contribution in [2.75, 3.05) is 0 Å². The van der Waals surface area contributed by atoms with Crippen molar-refractivity contribution < 1.29 is 18.3 Å². The molecule has 1 atom stereocenters. The molecule has 20 heavy (non-hydrogen) atoms. The van der Waals surface area contributed by atoms with Gasteiger partial charge in [0, 0.05) is 4.47 Å². The van der Waals surface area contributed by atoms with Crippen molar-refractivity contribution in [2.45, 2.75) is 10.1 Å². The lowest BCUT2D eigenvalue weighted by atomic mass is 10.1. The highest BCUT2D eigenvalue weighted by molar-refractivity contribution is 9.10.